The SMILES string of the molecule is Cc1cc(Cl)cc(-c2nc(-c3cccc(N)c3)no2)c1. The molecule has 1 aromatic heterocycles. The molecule has 2 N–H and O–H groups in total. The molecule has 0 aliphatic heterocycles. The van der Waals surface area contributed by atoms with E-state index in [4.69, 9.17) is 21.9 Å². The Morgan fingerprint density at radius 2 is 1.95 bits per heavy atom. The van der Waals surface area contributed by atoms with Crippen molar-refractivity contribution in [3.8, 4) is 22.8 Å². The second-order valence-corrected chi connectivity index (χ2v) is 5.00. The van der Waals surface area contributed by atoms with E-state index in [1.54, 1.807) is 12.1 Å². The second-order valence-electron chi connectivity index (χ2n) is 4.57. The molecule has 0 spiro atoms. The van der Waals surface area contributed by atoms with Crippen LogP contribution in [0.3, 0.4) is 0 Å². The number of nitrogen functional groups attached to an aromatic ring is 1. The zero-order chi connectivity index (χ0) is 14.1. The van der Waals surface area contributed by atoms with E-state index in [1.807, 2.05) is 37.3 Å². The molecule has 0 aliphatic rings. The van der Waals surface area contributed by atoms with Gasteiger partial charge in [-0.05, 0) is 42.8 Å². The molecule has 0 unspecified atom stereocenters. The normalized spacial score (nSPS) is 10.7. The minimum atomic E-state index is 0.438. The number of aromatic nitrogens is 2. The van der Waals surface area contributed by atoms with Crippen LogP contribution in [0.1, 0.15) is 5.56 Å². The average molecular weight is 286 g/mol. The first-order valence-electron chi connectivity index (χ1n) is 6.09. The first-order chi connectivity index (χ1) is 9.61. The van der Waals surface area contributed by atoms with Crippen molar-refractivity contribution in [3.63, 3.8) is 0 Å². The molecular formula is C15H12ClN3O. The fraction of sp³-hybridized carbons (Fsp3) is 0.0667. The van der Waals surface area contributed by atoms with Crippen molar-refractivity contribution in [2.45, 2.75) is 6.92 Å². The standard InChI is InChI=1S/C15H12ClN3O/c1-9-5-11(7-12(16)6-9)15-18-14(19-20-15)10-3-2-4-13(17)8-10/h2-8H,17H2,1H3. The van der Waals surface area contributed by atoms with Crippen molar-refractivity contribution < 1.29 is 4.52 Å². The highest BCUT2D eigenvalue weighted by molar-refractivity contribution is 6.30. The number of hydrogen-bond acceptors (Lipinski definition) is 4. The third-order valence-electron chi connectivity index (χ3n) is 2.86. The van der Waals surface area contributed by atoms with Crippen molar-refractivity contribution in [1.82, 2.24) is 10.1 Å². The van der Waals surface area contributed by atoms with Gasteiger partial charge >= 0.3 is 0 Å². The minimum Gasteiger partial charge on any atom is -0.399 e. The summed E-state index contributed by atoms with van der Waals surface area (Å²) in [4.78, 5) is 4.38. The van der Waals surface area contributed by atoms with E-state index in [2.05, 4.69) is 10.1 Å². The van der Waals surface area contributed by atoms with Crippen LogP contribution >= 0.6 is 11.6 Å². The van der Waals surface area contributed by atoms with E-state index in [1.165, 1.54) is 0 Å². The fourth-order valence-corrected chi connectivity index (χ4v) is 2.29. The highest BCUT2D eigenvalue weighted by Crippen LogP contribution is 2.26. The fourth-order valence-electron chi connectivity index (χ4n) is 2.00. The van der Waals surface area contributed by atoms with Crippen LogP contribution in [0.4, 0.5) is 5.69 Å². The molecule has 0 aliphatic carbocycles. The summed E-state index contributed by atoms with van der Waals surface area (Å²) < 4.78 is 5.29. The van der Waals surface area contributed by atoms with E-state index in [0.29, 0.717) is 22.4 Å². The van der Waals surface area contributed by atoms with Gasteiger partial charge in [-0.25, -0.2) is 0 Å². The largest absolute Gasteiger partial charge is 0.399 e. The third kappa shape index (κ3) is 2.51. The van der Waals surface area contributed by atoms with E-state index < -0.39 is 0 Å². The summed E-state index contributed by atoms with van der Waals surface area (Å²) in [5, 5.41) is 4.62. The van der Waals surface area contributed by atoms with Crippen molar-refractivity contribution in [3.05, 3.63) is 53.1 Å². The average Bonchev–Trinajstić information content (AvgIpc) is 2.87. The number of anilines is 1. The summed E-state index contributed by atoms with van der Waals surface area (Å²) in [6.45, 7) is 1.96. The monoisotopic (exact) mass is 285 g/mol. The van der Waals surface area contributed by atoms with Gasteiger partial charge in [-0.15, -0.1) is 0 Å². The maximum absolute atomic E-state index is 6.04. The topological polar surface area (TPSA) is 64.9 Å². The molecule has 0 bridgehead atoms. The van der Waals surface area contributed by atoms with Gasteiger partial charge in [-0.1, -0.05) is 28.9 Å². The summed E-state index contributed by atoms with van der Waals surface area (Å²) in [6, 6.07) is 13.0. The van der Waals surface area contributed by atoms with E-state index >= 15 is 0 Å². The molecule has 0 atom stereocenters. The summed E-state index contributed by atoms with van der Waals surface area (Å²) in [5.74, 6) is 0.943. The Labute approximate surface area is 121 Å². The Balaban J connectivity index is 2.02. The summed E-state index contributed by atoms with van der Waals surface area (Å²) in [7, 11) is 0. The van der Waals surface area contributed by atoms with Gasteiger partial charge in [0.25, 0.3) is 5.89 Å². The van der Waals surface area contributed by atoms with E-state index in [-0.39, 0.29) is 0 Å². The molecule has 0 saturated carbocycles. The molecule has 1 heterocycles. The van der Waals surface area contributed by atoms with Crippen molar-refractivity contribution >= 4 is 17.3 Å². The number of halogens is 1. The van der Waals surface area contributed by atoms with Gasteiger partial charge < -0.3 is 10.3 Å². The molecule has 0 saturated heterocycles. The third-order valence-corrected chi connectivity index (χ3v) is 3.08. The number of aryl methyl sites for hydroxylation is 1. The second kappa shape index (κ2) is 4.98. The lowest BCUT2D eigenvalue weighted by Gasteiger charge is -1.98. The number of nitrogens with two attached hydrogens (primary N) is 1. The lowest BCUT2D eigenvalue weighted by atomic mass is 10.1. The lowest BCUT2D eigenvalue weighted by Crippen LogP contribution is -1.86. The Kier molecular flexibility index (Phi) is 3.16. The van der Waals surface area contributed by atoms with Gasteiger partial charge in [0.1, 0.15) is 0 Å². The molecule has 20 heavy (non-hydrogen) atoms. The molecule has 3 rings (SSSR count). The molecule has 0 radical (unpaired) electrons. The quantitative estimate of drug-likeness (QED) is 0.724. The van der Waals surface area contributed by atoms with Crippen LogP contribution in [-0.4, -0.2) is 10.1 Å². The van der Waals surface area contributed by atoms with Crippen LogP contribution in [0.25, 0.3) is 22.8 Å². The van der Waals surface area contributed by atoms with Crippen LogP contribution in [0.5, 0.6) is 0 Å². The van der Waals surface area contributed by atoms with Gasteiger partial charge in [0.05, 0.1) is 0 Å². The van der Waals surface area contributed by atoms with Crippen molar-refractivity contribution in [1.29, 1.82) is 0 Å². The summed E-state index contributed by atoms with van der Waals surface area (Å²) in [5.41, 5.74) is 9.07. The van der Waals surface area contributed by atoms with Gasteiger partial charge in [0.15, 0.2) is 0 Å². The van der Waals surface area contributed by atoms with Crippen LogP contribution in [0.2, 0.25) is 5.02 Å². The molecule has 3 aromatic rings. The highest BCUT2D eigenvalue weighted by Gasteiger charge is 2.11. The van der Waals surface area contributed by atoms with Crippen molar-refractivity contribution in [2.75, 3.05) is 5.73 Å². The predicted molar refractivity (Wildman–Crippen MR) is 79.3 cm³/mol. The molecular weight excluding hydrogens is 274 g/mol. The summed E-state index contributed by atoms with van der Waals surface area (Å²) >= 11 is 6.04. The predicted octanol–water partition coefficient (Wildman–Crippen LogP) is 3.95. The Morgan fingerprint density at radius 1 is 1.10 bits per heavy atom. The smallest absolute Gasteiger partial charge is 0.258 e. The zero-order valence-corrected chi connectivity index (χ0v) is 11.6. The maximum atomic E-state index is 6.04. The first-order valence-corrected chi connectivity index (χ1v) is 6.47. The first kappa shape index (κ1) is 12.7. The minimum absolute atomic E-state index is 0.438. The number of benzene rings is 2. The van der Waals surface area contributed by atoms with Gasteiger partial charge in [-0.2, -0.15) is 4.98 Å². The maximum Gasteiger partial charge on any atom is 0.258 e. The summed E-state index contributed by atoms with van der Waals surface area (Å²) in [6.07, 6.45) is 0. The Bertz CT molecular complexity index is 747. The van der Waals surface area contributed by atoms with Gasteiger partial charge in [0.2, 0.25) is 5.82 Å². The van der Waals surface area contributed by atoms with E-state index in [9.17, 15) is 0 Å². The Hall–Kier alpha value is -2.33. The van der Waals surface area contributed by atoms with Crippen LogP contribution < -0.4 is 5.73 Å². The zero-order valence-electron chi connectivity index (χ0n) is 10.8. The van der Waals surface area contributed by atoms with E-state index in [0.717, 1.165) is 16.7 Å². The molecule has 0 amide bonds. The van der Waals surface area contributed by atoms with Gasteiger partial charge in [-0.3, -0.25) is 0 Å². The van der Waals surface area contributed by atoms with Crippen LogP contribution in [0.15, 0.2) is 47.0 Å². The molecule has 2 aromatic carbocycles. The van der Waals surface area contributed by atoms with Crippen LogP contribution in [0, 0.1) is 6.92 Å². The van der Waals surface area contributed by atoms with Crippen LogP contribution in [-0.2, 0) is 0 Å². The molecule has 4 nitrogen and oxygen atoms in total. The van der Waals surface area contributed by atoms with Crippen molar-refractivity contribution in [2.24, 2.45) is 0 Å². The number of nitrogens with zero attached hydrogens (tertiary/aromatic N) is 2. The number of rotatable bonds is 2. The number of hydrogen-bond donors (Lipinski definition) is 1. The Morgan fingerprint density at radius 3 is 2.70 bits per heavy atom. The molecule has 0 fully saturated rings. The van der Waals surface area contributed by atoms with Gasteiger partial charge in [0, 0.05) is 21.8 Å². The lowest BCUT2D eigenvalue weighted by molar-refractivity contribution is 0.432. The molecule has 5 heteroatoms. The highest BCUT2D eigenvalue weighted by atomic mass is 35.5. The molecule has 100 valence electrons.